The third kappa shape index (κ3) is 3.59. The predicted molar refractivity (Wildman–Crippen MR) is 115 cm³/mol. The number of rotatable bonds is 4. The number of ether oxygens (including phenoxy) is 1. The largest absolute Gasteiger partial charge is 0.466 e. The van der Waals surface area contributed by atoms with Crippen LogP contribution in [0.2, 0.25) is 0 Å². The van der Waals surface area contributed by atoms with E-state index >= 15 is 0 Å². The Balaban J connectivity index is 2.04. The van der Waals surface area contributed by atoms with Crippen molar-refractivity contribution in [1.29, 1.82) is 0 Å². The zero-order chi connectivity index (χ0) is 22.1. The molecule has 0 saturated carbocycles. The fourth-order valence-electron chi connectivity index (χ4n) is 3.57. The molecular weight excluding hydrogens is 418 g/mol. The van der Waals surface area contributed by atoms with Crippen LogP contribution < -0.4 is 14.9 Å². The van der Waals surface area contributed by atoms with Crippen molar-refractivity contribution < 1.29 is 14.5 Å². The fraction of sp³-hybridized carbons (Fsp3) is 0.136. The Morgan fingerprint density at radius 3 is 2.55 bits per heavy atom. The number of nitrogens with zero attached hydrogens (tertiary/aromatic N) is 3. The quantitative estimate of drug-likeness (QED) is 0.355. The van der Waals surface area contributed by atoms with Crippen LogP contribution in [0.4, 0.5) is 5.69 Å². The number of nitro groups is 1. The number of benzene rings is 2. The van der Waals surface area contributed by atoms with Gasteiger partial charge in [-0.15, -0.1) is 0 Å². The van der Waals surface area contributed by atoms with Crippen molar-refractivity contribution in [2.24, 2.45) is 4.99 Å². The number of aromatic nitrogens is 1. The van der Waals surface area contributed by atoms with Crippen LogP contribution in [0.15, 0.2) is 75.7 Å². The molecule has 31 heavy (non-hydrogen) atoms. The first kappa shape index (κ1) is 20.4. The van der Waals surface area contributed by atoms with Gasteiger partial charge >= 0.3 is 5.97 Å². The third-order valence-corrected chi connectivity index (χ3v) is 5.94. The summed E-state index contributed by atoms with van der Waals surface area (Å²) in [6.07, 6.45) is 1.73. The minimum atomic E-state index is -1.02. The van der Waals surface area contributed by atoms with Gasteiger partial charge in [-0.3, -0.25) is 19.5 Å². The third-order valence-electron chi connectivity index (χ3n) is 4.95. The minimum absolute atomic E-state index is 0.0930. The molecule has 156 valence electrons. The van der Waals surface area contributed by atoms with Crippen LogP contribution >= 0.6 is 11.3 Å². The average Bonchev–Trinajstić information content (AvgIpc) is 3.07. The number of hydrogen-bond acceptors (Lipinski definition) is 7. The van der Waals surface area contributed by atoms with E-state index in [2.05, 4.69) is 4.99 Å². The zero-order valence-corrected chi connectivity index (χ0v) is 17.5. The first-order chi connectivity index (χ1) is 14.9. The highest BCUT2D eigenvalue weighted by Gasteiger charge is 2.36. The first-order valence-corrected chi connectivity index (χ1v) is 10.1. The molecule has 1 atom stereocenters. The van der Waals surface area contributed by atoms with E-state index in [-0.39, 0.29) is 22.4 Å². The highest BCUT2D eigenvalue weighted by Crippen LogP contribution is 2.35. The molecule has 0 fully saturated rings. The zero-order valence-electron chi connectivity index (χ0n) is 16.6. The Morgan fingerprint density at radius 2 is 1.87 bits per heavy atom. The van der Waals surface area contributed by atoms with E-state index in [4.69, 9.17) is 4.74 Å². The van der Waals surface area contributed by atoms with Crippen LogP contribution in [0.1, 0.15) is 24.1 Å². The lowest BCUT2D eigenvalue weighted by Gasteiger charge is -2.24. The standard InChI is InChI=1S/C22H17N3O5S/c1-13-18(21(27)30-2)19(15-10-6-7-11-16(15)25(28)29)24-20(26)17(31-22(24)23-13)12-14-8-4-3-5-9-14/h3-12,19H,1-2H3/b17-12-. The number of esters is 1. The summed E-state index contributed by atoms with van der Waals surface area (Å²) >= 11 is 1.17. The molecule has 1 aliphatic heterocycles. The second kappa shape index (κ2) is 8.11. The van der Waals surface area contributed by atoms with Crippen molar-refractivity contribution in [2.45, 2.75) is 13.0 Å². The lowest BCUT2D eigenvalue weighted by atomic mass is 9.94. The second-order valence-corrected chi connectivity index (χ2v) is 7.81. The molecule has 0 saturated heterocycles. The van der Waals surface area contributed by atoms with E-state index in [9.17, 15) is 19.7 Å². The van der Waals surface area contributed by atoms with Gasteiger partial charge in [-0.25, -0.2) is 9.79 Å². The van der Waals surface area contributed by atoms with Crippen molar-refractivity contribution in [3.05, 3.63) is 107 Å². The van der Waals surface area contributed by atoms with Gasteiger partial charge in [-0.05, 0) is 24.6 Å². The molecule has 9 heteroatoms. The molecule has 2 aromatic carbocycles. The molecule has 0 radical (unpaired) electrons. The summed E-state index contributed by atoms with van der Waals surface area (Å²) in [6, 6.07) is 14.4. The Morgan fingerprint density at radius 1 is 1.19 bits per heavy atom. The average molecular weight is 435 g/mol. The van der Waals surface area contributed by atoms with Crippen molar-refractivity contribution >= 4 is 29.1 Å². The van der Waals surface area contributed by atoms with Crippen LogP contribution in [0, 0.1) is 10.1 Å². The summed E-state index contributed by atoms with van der Waals surface area (Å²) in [5, 5.41) is 11.7. The molecule has 2 heterocycles. The van der Waals surface area contributed by atoms with E-state index in [0.29, 0.717) is 15.0 Å². The molecule has 0 aliphatic carbocycles. The number of allylic oxidation sites excluding steroid dienone is 1. The summed E-state index contributed by atoms with van der Waals surface area (Å²) in [5.74, 6) is -0.693. The van der Waals surface area contributed by atoms with E-state index < -0.39 is 16.9 Å². The van der Waals surface area contributed by atoms with Crippen molar-refractivity contribution in [2.75, 3.05) is 7.11 Å². The van der Waals surface area contributed by atoms with Gasteiger partial charge in [0.15, 0.2) is 4.80 Å². The number of thiazole rings is 1. The SMILES string of the molecule is COC(=O)C1=C(C)N=c2s/c(=C\c3ccccc3)c(=O)n2C1c1ccccc1[N+](=O)[O-]. The van der Waals surface area contributed by atoms with Crippen molar-refractivity contribution in [3.8, 4) is 0 Å². The number of nitro benzene ring substituents is 1. The van der Waals surface area contributed by atoms with Crippen LogP contribution in [-0.2, 0) is 9.53 Å². The van der Waals surface area contributed by atoms with Crippen molar-refractivity contribution in [3.63, 3.8) is 0 Å². The molecule has 1 aromatic heterocycles. The van der Waals surface area contributed by atoms with Gasteiger partial charge in [-0.1, -0.05) is 53.8 Å². The Hall–Kier alpha value is -3.85. The van der Waals surface area contributed by atoms with Crippen LogP contribution in [0.3, 0.4) is 0 Å². The molecule has 0 bridgehead atoms. The number of methoxy groups -OCH3 is 1. The maximum atomic E-state index is 13.4. The molecule has 0 spiro atoms. The van der Waals surface area contributed by atoms with Gasteiger partial charge in [0.2, 0.25) is 0 Å². The normalized spacial score (nSPS) is 15.9. The van der Waals surface area contributed by atoms with Crippen molar-refractivity contribution in [1.82, 2.24) is 4.57 Å². The summed E-state index contributed by atoms with van der Waals surface area (Å²) in [7, 11) is 1.22. The summed E-state index contributed by atoms with van der Waals surface area (Å²) in [6.45, 7) is 1.63. The number of fused-ring (bicyclic) bond motifs is 1. The molecule has 0 N–H and O–H groups in total. The molecule has 8 nitrogen and oxygen atoms in total. The van der Waals surface area contributed by atoms with Gasteiger partial charge in [0.05, 0.1) is 33.4 Å². The number of para-hydroxylation sites is 1. The smallest absolute Gasteiger partial charge is 0.338 e. The van der Waals surface area contributed by atoms with Gasteiger partial charge in [0.1, 0.15) is 6.04 Å². The molecule has 0 amide bonds. The van der Waals surface area contributed by atoms with E-state index in [1.54, 1.807) is 25.1 Å². The summed E-state index contributed by atoms with van der Waals surface area (Å²) in [4.78, 5) is 42.0. The van der Waals surface area contributed by atoms with Crippen LogP contribution in [0.25, 0.3) is 6.08 Å². The van der Waals surface area contributed by atoms with Gasteiger partial charge in [-0.2, -0.15) is 0 Å². The lowest BCUT2D eigenvalue weighted by molar-refractivity contribution is -0.385. The van der Waals surface area contributed by atoms with Crippen LogP contribution in [0.5, 0.6) is 0 Å². The van der Waals surface area contributed by atoms with Gasteiger partial charge in [0, 0.05) is 6.07 Å². The Labute approximate surface area is 180 Å². The molecular formula is C22H17N3O5S. The number of carbonyl (C=O) groups excluding carboxylic acids is 1. The first-order valence-electron chi connectivity index (χ1n) is 9.31. The number of carbonyl (C=O) groups is 1. The summed E-state index contributed by atoms with van der Waals surface area (Å²) in [5.41, 5.74) is 0.914. The summed E-state index contributed by atoms with van der Waals surface area (Å²) < 4.78 is 6.67. The Kier molecular flexibility index (Phi) is 5.35. The second-order valence-electron chi connectivity index (χ2n) is 6.80. The van der Waals surface area contributed by atoms with E-state index in [0.717, 1.165) is 5.56 Å². The number of hydrogen-bond donors (Lipinski definition) is 0. The predicted octanol–water partition coefficient (Wildman–Crippen LogP) is 2.32. The monoisotopic (exact) mass is 435 g/mol. The highest BCUT2D eigenvalue weighted by atomic mass is 32.1. The maximum absolute atomic E-state index is 13.4. The minimum Gasteiger partial charge on any atom is -0.466 e. The molecule has 3 aromatic rings. The topological polar surface area (TPSA) is 104 Å². The van der Waals surface area contributed by atoms with Gasteiger partial charge < -0.3 is 4.74 Å². The van der Waals surface area contributed by atoms with Gasteiger partial charge in [0.25, 0.3) is 11.2 Å². The lowest BCUT2D eigenvalue weighted by Crippen LogP contribution is -2.40. The maximum Gasteiger partial charge on any atom is 0.338 e. The molecule has 1 aliphatic rings. The fourth-order valence-corrected chi connectivity index (χ4v) is 4.62. The van der Waals surface area contributed by atoms with E-state index in [1.165, 1.54) is 35.1 Å². The Bertz CT molecular complexity index is 1400. The van der Waals surface area contributed by atoms with E-state index in [1.807, 2.05) is 30.3 Å². The highest BCUT2D eigenvalue weighted by molar-refractivity contribution is 7.07. The molecule has 1 unspecified atom stereocenters. The van der Waals surface area contributed by atoms with Crippen LogP contribution in [-0.4, -0.2) is 22.6 Å². The molecule has 4 rings (SSSR count).